The number of nitrogens with two attached hydrogens (primary N) is 1. The molecule has 1 aromatic heterocycles. The normalized spacial score (nSPS) is 10.5. The maximum Gasteiger partial charge on any atom is 0.175 e. The summed E-state index contributed by atoms with van der Waals surface area (Å²) in [4.78, 5) is 0. The van der Waals surface area contributed by atoms with E-state index in [0.29, 0.717) is 18.0 Å². The highest BCUT2D eigenvalue weighted by molar-refractivity contribution is 5.51. The van der Waals surface area contributed by atoms with E-state index in [1.807, 2.05) is 66.1 Å². The van der Waals surface area contributed by atoms with Crippen LogP contribution in [0, 0.1) is 6.92 Å². The Morgan fingerprint density at radius 1 is 1.00 bits per heavy atom. The van der Waals surface area contributed by atoms with Gasteiger partial charge < -0.3 is 10.5 Å². The number of ether oxygens (including phenoxy) is 1. The SMILES string of the molecule is Cc1nnc(COc2ccccc2N)n1-c1ccccc1. The van der Waals surface area contributed by atoms with Crippen LogP contribution in [0.4, 0.5) is 5.69 Å². The number of nitrogen functional groups attached to an aromatic ring is 1. The van der Waals surface area contributed by atoms with Crippen LogP contribution in [0.3, 0.4) is 0 Å². The standard InChI is InChI=1S/C16H16N4O/c1-12-18-19-16(20(12)13-7-3-2-4-8-13)11-21-15-10-6-5-9-14(15)17/h2-10H,11,17H2,1H3. The number of hydrogen-bond donors (Lipinski definition) is 1. The highest BCUT2D eigenvalue weighted by atomic mass is 16.5. The Bertz CT molecular complexity index is 737. The lowest BCUT2D eigenvalue weighted by molar-refractivity contribution is 0.295. The molecule has 0 bridgehead atoms. The van der Waals surface area contributed by atoms with Gasteiger partial charge in [-0.1, -0.05) is 30.3 Å². The number of nitrogens with zero attached hydrogens (tertiary/aromatic N) is 3. The van der Waals surface area contributed by atoms with Crippen LogP contribution < -0.4 is 10.5 Å². The van der Waals surface area contributed by atoms with Gasteiger partial charge in [0.15, 0.2) is 5.82 Å². The van der Waals surface area contributed by atoms with E-state index in [-0.39, 0.29) is 0 Å². The molecule has 0 aliphatic rings. The smallest absolute Gasteiger partial charge is 0.175 e. The van der Waals surface area contributed by atoms with E-state index in [2.05, 4.69) is 10.2 Å². The summed E-state index contributed by atoms with van der Waals surface area (Å²) >= 11 is 0. The first-order valence-electron chi connectivity index (χ1n) is 6.69. The number of aromatic nitrogens is 3. The van der Waals surface area contributed by atoms with Crippen LogP contribution in [0.2, 0.25) is 0 Å². The Kier molecular flexibility index (Phi) is 3.55. The minimum Gasteiger partial charge on any atom is -0.483 e. The van der Waals surface area contributed by atoms with Crippen molar-refractivity contribution in [3.8, 4) is 11.4 Å². The Balaban J connectivity index is 1.86. The van der Waals surface area contributed by atoms with E-state index in [4.69, 9.17) is 10.5 Å². The lowest BCUT2D eigenvalue weighted by atomic mass is 10.3. The maximum absolute atomic E-state index is 5.87. The molecule has 0 aliphatic carbocycles. The quantitative estimate of drug-likeness (QED) is 0.746. The van der Waals surface area contributed by atoms with Gasteiger partial charge in [0, 0.05) is 5.69 Å². The molecule has 0 unspecified atom stereocenters. The van der Waals surface area contributed by atoms with Gasteiger partial charge in [-0.15, -0.1) is 10.2 Å². The largest absolute Gasteiger partial charge is 0.483 e. The number of aryl methyl sites for hydroxylation is 1. The third kappa shape index (κ3) is 2.72. The van der Waals surface area contributed by atoms with Gasteiger partial charge in [0.2, 0.25) is 0 Å². The molecule has 5 heteroatoms. The molecule has 0 fully saturated rings. The highest BCUT2D eigenvalue weighted by Gasteiger charge is 2.11. The van der Waals surface area contributed by atoms with Gasteiger partial charge in [-0.3, -0.25) is 4.57 Å². The van der Waals surface area contributed by atoms with Crippen LogP contribution in [0.25, 0.3) is 5.69 Å². The summed E-state index contributed by atoms with van der Waals surface area (Å²) in [5, 5.41) is 8.31. The van der Waals surface area contributed by atoms with Crippen LogP contribution in [0.5, 0.6) is 5.75 Å². The van der Waals surface area contributed by atoms with Crippen LogP contribution in [-0.4, -0.2) is 14.8 Å². The molecule has 2 aromatic carbocycles. The maximum atomic E-state index is 5.87. The summed E-state index contributed by atoms with van der Waals surface area (Å²) in [6.07, 6.45) is 0. The first-order chi connectivity index (χ1) is 10.3. The number of rotatable bonds is 4. The molecule has 106 valence electrons. The minimum absolute atomic E-state index is 0.309. The van der Waals surface area contributed by atoms with Crippen molar-refractivity contribution in [2.45, 2.75) is 13.5 Å². The highest BCUT2D eigenvalue weighted by Crippen LogP contribution is 2.21. The molecule has 0 atom stereocenters. The van der Waals surface area contributed by atoms with E-state index in [0.717, 1.165) is 17.3 Å². The number of para-hydroxylation sites is 3. The summed E-state index contributed by atoms with van der Waals surface area (Å²) < 4.78 is 7.72. The first kappa shape index (κ1) is 13.2. The van der Waals surface area contributed by atoms with Crippen LogP contribution in [0.15, 0.2) is 54.6 Å². The Hall–Kier alpha value is -2.82. The fraction of sp³-hybridized carbons (Fsp3) is 0.125. The molecular weight excluding hydrogens is 264 g/mol. The molecule has 1 heterocycles. The van der Waals surface area contributed by atoms with Gasteiger partial charge in [-0.05, 0) is 31.2 Å². The lowest BCUT2D eigenvalue weighted by Gasteiger charge is -2.11. The van der Waals surface area contributed by atoms with Gasteiger partial charge in [0.05, 0.1) is 5.69 Å². The second-order valence-electron chi connectivity index (χ2n) is 4.66. The fourth-order valence-electron chi connectivity index (χ4n) is 2.17. The van der Waals surface area contributed by atoms with Crippen molar-refractivity contribution in [3.63, 3.8) is 0 Å². The molecule has 0 amide bonds. The molecular formula is C16H16N4O. The third-order valence-electron chi connectivity index (χ3n) is 3.18. The molecule has 0 saturated heterocycles. The van der Waals surface area contributed by atoms with Gasteiger partial charge in [0.25, 0.3) is 0 Å². The van der Waals surface area contributed by atoms with Crippen LogP contribution in [0.1, 0.15) is 11.6 Å². The van der Waals surface area contributed by atoms with Crippen molar-refractivity contribution in [2.75, 3.05) is 5.73 Å². The zero-order chi connectivity index (χ0) is 14.7. The van der Waals surface area contributed by atoms with Gasteiger partial charge in [-0.25, -0.2) is 0 Å². The van der Waals surface area contributed by atoms with Crippen molar-refractivity contribution in [3.05, 3.63) is 66.2 Å². The molecule has 0 aliphatic heterocycles. The molecule has 0 spiro atoms. The van der Waals surface area contributed by atoms with Crippen LogP contribution >= 0.6 is 0 Å². The van der Waals surface area contributed by atoms with Crippen molar-refractivity contribution in [1.29, 1.82) is 0 Å². The second-order valence-corrected chi connectivity index (χ2v) is 4.66. The van der Waals surface area contributed by atoms with Gasteiger partial charge in [-0.2, -0.15) is 0 Å². The zero-order valence-corrected chi connectivity index (χ0v) is 11.7. The fourth-order valence-corrected chi connectivity index (χ4v) is 2.17. The predicted octanol–water partition coefficient (Wildman–Crippen LogP) is 2.74. The zero-order valence-electron chi connectivity index (χ0n) is 11.7. The van der Waals surface area contributed by atoms with E-state index < -0.39 is 0 Å². The van der Waals surface area contributed by atoms with E-state index >= 15 is 0 Å². The molecule has 0 radical (unpaired) electrons. The van der Waals surface area contributed by atoms with E-state index in [9.17, 15) is 0 Å². The average molecular weight is 280 g/mol. The van der Waals surface area contributed by atoms with E-state index in [1.165, 1.54) is 0 Å². The Morgan fingerprint density at radius 2 is 1.71 bits per heavy atom. The molecule has 21 heavy (non-hydrogen) atoms. The summed E-state index contributed by atoms with van der Waals surface area (Å²) in [5.74, 6) is 2.21. The molecule has 2 N–H and O–H groups in total. The van der Waals surface area contributed by atoms with Gasteiger partial charge in [0.1, 0.15) is 18.2 Å². The average Bonchev–Trinajstić information content (AvgIpc) is 2.88. The Labute approximate surface area is 123 Å². The summed E-state index contributed by atoms with van der Waals surface area (Å²) in [7, 11) is 0. The van der Waals surface area contributed by atoms with Crippen molar-refractivity contribution >= 4 is 5.69 Å². The van der Waals surface area contributed by atoms with Crippen molar-refractivity contribution in [1.82, 2.24) is 14.8 Å². The summed E-state index contributed by atoms with van der Waals surface area (Å²) in [6, 6.07) is 17.4. The van der Waals surface area contributed by atoms with Crippen LogP contribution in [-0.2, 0) is 6.61 Å². The number of anilines is 1. The number of hydrogen-bond acceptors (Lipinski definition) is 4. The number of benzene rings is 2. The monoisotopic (exact) mass is 280 g/mol. The molecule has 3 aromatic rings. The Morgan fingerprint density at radius 3 is 2.48 bits per heavy atom. The molecule has 0 saturated carbocycles. The molecule has 5 nitrogen and oxygen atoms in total. The topological polar surface area (TPSA) is 66.0 Å². The predicted molar refractivity (Wildman–Crippen MR) is 81.3 cm³/mol. The first-order valence-corrected chi connectivity index (χ1v) is 6.69. The lowest BCUT2D eigenvalue weighted by Crippen LogP contribution is -2.07. The summed E-state index contributed by atoms with van der Waals surface area (Å²) in [5.41, 5.74) is 7.50. The van der Waals surface area contributed by atoms with E-state index in [1.54, 1.807) is 0 Å². The minimum atomic E-state index is 0.309. The van der Waals surface area contributed by atoms with Crippen molar-refractivity contribution in [2.24, 2.45) is 0 Å². The van der Waals surface area contributed by atoms with Gasteiger partial charge >= 0.3 is 0 Å². The third-order valence-corrected chi connectivity index (χ3v) is 3.18. The summed E-state index contributed by atoms with van der Waals surface area (Å²) in [6.45, 7) is 2.23. The second kappa shape index (κ2) is 5.66. The molecule has 3 rings (SSSR count). The van der Waals surface area contributed by atoms with Crippen molar-refractivity contribution < 1.29 is 4.74 Å².